The van der Waals surface area contributed by atoms with Gasteiger partial charge in [0.2, 0.25) is 0 Å². The molecule has 4 rings (SSSR count). The van der Waals surface area contributed by atoms with Crippen LogP contribution in [0.2, 0.25) is 0 Å². The summed E-state index contributed by atoms with van der Waals surface area (Å²) in [6, 6.07) is 6.26. The number of fused-ring (bicyclic) bond motifs is 2. The van der Waals surface area contributed by atoms with Gasteiger partial charge in [-0.1, -0.05) is 6.07 Å². The van der Waals surface area contributed by atoms with E-state index in [1.54, 1.807) is 33.9 Å². The molecule has 1 aromatic carbocycles. The topological polar surface area (TPSA) is 50.5 Å². The second-order valence-electron chi connectivity index (χ2n) is 5.87. The number of amides is 1. The summed E-state index contributed by atoms with van der Waals surface area (Å²) in [7, 11) is 0. The maximum absolute atomic E-state index is 13.6. The molecule has 1 amide bonds. The van der Waals surface area contributed by atoms with Crippen LogP contribution in [-0.2, 0) is 6.42 Å². The molecule has 3 heterocycles. The van der Waals surface area contributed by atoms with E-state index in [0.29, 0.717) is 24.3 Å². The largest absolute Gasteiger partial charge is 0.330 e. The van der Waals surface area contributed by atoms with E-state index in [2.05, 4.69) is 26.0 Å². The van der Waals surface area contributed by atoms with E-state index < -0.39 is 0 Å². The van der Waals surface area contributed by atoms with E-state index in [9.17, 15) is 9.18 Å². The molecule has 0 unspecified atom stereocenters. The Balaban J connectivity index is 1.68. The van der Waals surface area contributed by atoms with Crippen molar-refractivity contribution < 1.29 is 9.18 Å². The van der Waals surface area contributed by atoms with E-state index in [1.807, 2.05) is 6.92 Å². The maximum atomic E-state index is 13.6. The van der Waals surface area contributed by atoms with Gasteiger partial charge in [0.25, 0.3) is 5.91 Å². The molecule has 0 spiro atoms. The van der Waals surface area contributed by atoms with Crippen molar-refractivity contribution in [1.29, 1.82) is 0 Å². The molecule has 0 fully saturated rings. The normalized spacial score (nSPS) is 17.1. The summed E-state index contributed by atoms with van der Waals surface area (Å²) in [6.07, 6.45) is 4.13. The quantitative estimate of drug-likeness (QED) is 0.641. The Bertz CT molecular complexity index is 955. The van der Waals surface area contributed by atoms with Gasteiger partial charge < -0.3 is 4.90 Å². The van der Waals surface area contributed by atoms with E-state index in [-0.39, 0.29) is 17.8 Å². The highest BCUT2D eigenvalue weighted by Crippen LogP contribution is 2.31. The Kier molecular flexibility index (Phi) is 3.60. The first-order valence-electron chi connectivity index (χ1n) is 7.63. The summed E-state index contributed by atoms with van der Waals surface area (Å²) in [5.41, 5.74) is 2.90. The highest BCUT2D eigenvalue weighted by Gasteiger charge is 2.30. The predicted octanol–water partition coefficient (Wildman–Crippen LogP) is 3.39. The van der Waals surface area contributed by atoms with Crippen LogP contribution in [0.5, 0.6) is 0 Å². The molecule has 3 aromatic rings. The molecule has 7 heteroatoms. The number of nitrogens with zero attached hydrogens (tertiary/aromatic N) is 4. The molecule has 2 aromatic heterocycles. The average molecular weight is 389 g/mol. The third kappa shape index (κ3) is 2.49. The standard InChI is InChI=1S/C17H14BrFN4O/c1-10-14-6-13(19)3-2-11(14)4-5-22(10)17(24)15-7-16-20-8-12(18)9-23(16)21-15/h2-3,6-10H,4-5H2,1H3/t10-/m0/s1. The molecular weight excluding hydrogens is 375 g/mol. The Labute approximate surface area is 146 Å². The molecule has 0 N–H and O–H groups in total. The van der Waals surface area contributed by atoms with Gasteiger partial charge in [0.15, 0.2) is 11.3 Å². The maximum Gasteiger partial charge on any atom is 0.274 e. The fraction of sp³-hybridized carbons (Fsp3) is 0.235. The van der Waals surface area contributed by atoms with Crippen molar-refractivity contribution in [3.05, 3.63) is 63.8 Å². The summed E-state index contributed by atoms with van der Waals surface area (Å²) >= 11 is 3.34. The minimum absolute atomic E-state index is 0.168. The molecule has 0 saturated carbocycles. The van der Waals surface area contributed by atoms with Crippen LogP contribution in [0.3, 0.4) is 0 Å². The van der Waals surface area contributed by atoms with Crippen molar-refractivity contribution >= 4 is 27.5 Å². The van der Waals surface area contributed by atoms with E-state index >= 15 is 0 Å². The van der Waals surface area contributed by atoms with Crippen molar-refractivity contribution in [3.63, 3.8) is 0 Å². The van der Waals surface area contributed by atoms with E-state index in [4.69, 9.17) is 0 Å². The number of hydrogen-bond acceptors (Lipinski definition) is 3. The molecule has 122 valence electrons. The molecule has 1 aliphatic rings. The lowest BCUT2D eigenvalue weighted by Crippen LogP contribution is -2.39. The lowest BCUT2D eigenvalue weighted by Gasteiger charge is -2.34. The van der Waals surface area contributed by atoms with Crippen LogP contribution in [0.4, 0.5) is 4.39 Å². The van der Waals surface area contributed by atoms with Crippen LogP contribution in [0.1, 0.15) is 34.6 Å². The van der Waals surface area contributed by atoms with Gasteiger partial charge in [-0.2, -0.15) is 5.10 Å². The fourth-order valence-corrected chi connectivity index (χ4v) is 3.46. The summed E-state index contributed by atoms with van der Waals surface area (Å²) in [4.78, 5) is 18.8. The molecule has 5 nitrogen and oxygen atoms in total. The number of carbonyl (C=O) groups is 1. The van der Waals surface area contributed by atoms with Crippen molar-refractivity contribution in [3.8, 4) is 0 Å². The fourth-order valence-electron chi connectivity index (χ4n) is 3.17. The third-order valence-electron chi connectivity index (χ3n) is 4.41. The minimum atomic E-state index is -0.281. The Hall–Kier alpha value is -2.28. The smallest absolute Gasteiger partial charge is 0.274 e. The van der Waals surface area contributed by atoms with Gasteiger partial charge in [-0.05, 0) is 52.5 Å². The molecule has 0 saturated heterocycles. The number of aromatic nitrogens is 3. The highest BCUT2D eigenvalue weighted by molar-refractivity contribution is 9.10. The minimum Gasteiger partial charge on any atom is -0.330 e. The van der Waals surface area contributed by atoms with Crippen LogP contribution in [0, 0.1) is 5.82 Å². The molecular formula is C17H14BrFN4O. The lowest BCUT2D eigenvalue weighted by atomic mass is 9.93. The molecule has 0 aliphatic carbocycles. The summed E-state index contributed by atoms with van der Waals surface area (Å²) < 4.78 is 15.9. The zero-order valence-electron chi connectivity index (χ0n) is 12.9. The molecule has 1 atom stereocenters. The van der Waals surface area contributed by atoms with Gasteiger partial charge in [-0.15, -0.1) is 0 Å². The number of rotatable bonds is 1. The SMILES string of the molecule is C[C@H]1c2cc(F)ccc2CCN1C(=O)c1cc2ncc(Br)cn2n1. The van der Waals surface area contributed by atoms with Crippen LogP contribution in [0.25, 0.3) is 5.65 Å². The third-order valence-corrected chi connectivity index (χ3v) is 4.82. The molecule has 1 aliphatic heterocycles. The van der Waals surface area contributed by atoms with Gasteiger partial charge in [0.1, 0.15) is 5.82 Å². The van der Waals surface area contributed by atoms with Crippen LogP contribution < -0.4 is 0 Å². The first-order chi connectivity index (χ1) is 11.5. The number of hydrogen-bond donors (Lipinski definition) is 0. The second-order valence-corrected chi connectivity index (χ2v) is 6.79. The van der Waals surface area contributed by atoms with Crippen LogP contribution >= 0.6 is 15.9 Å². The molecule has 0 radical (unpaired) electrons. The zero-order chi connectivity index (χ0) is 16.8. The van der Waals surface area contributed by atoms with E-state index in [1.165, 1.54) is 12.1 Å². The number of carbonyl (C=O) groups excluding carboxylic acids is 1. The lowest BCUT2D eigenvalue weighted by molar-refractivity contribution is 0.0671. The van der Waals surface area contributed by atoms with Crippen molar-refractivity contribution in [2.75, 3.05) is 6.54 Å². The predicted molar refractivity (Wildman–Crippen MR) is 90.2 cm³/mol. The first kappa shape index (κ1) is 15.3. The van der Waals surface area contributed by atoms with E-state index in [0.717, 1.165) is 15.6 Å². The van der Waals surface area contributed by atoms with Crippen molar-refractivity contribution in [1.82, 2.24) is 19.5 Å². The molecule has 0 bridgehead atoms. The van der Waals surface area contributed by atoms with Crippen molar-refractivity contribution in [2.24, 2.45) is 0 Å². The Morgan fingerprint density at radius 3 is 3.04 bits per heavy atom. The van der Waals surface area contributed by atoms with Gasteiger partial charge in [0, 0.05) is 25.0 Å². The monoisotopic (exact) mass is 388 g/mol. The summed E-state index contributed by atoms with van der Waals surface area (Å²) in [6.45, 7) is 2.50. The van der Waals surface area contributed by atoms with Crippen molar-refractivity contribution in [2.45, 2.75) is 19.4 Å². The van der Waals surface area contributed by atoms with Gasteiger partial charge in [0.05, 0.1) is 10.5 Å². The molecule has 24 heavy (non-hydrogen) atoms. The first-order valence-corrected chi connectivity index (χ1v) is 8.42. The van der Waals surface area contributed by atoms with Crippen LogP contribution in [0.15, 0.2) is 41.1 Å². The summed E-state index contributed by atoms with van der Waals surface area (Å²) in [5.74, 6) is -0.448. The zero-order valence-corrected chi connectivity index (χ0v) is 14.5. The number of halogens is 2. The van der Waals surface area contributed by atoms with Crippen LogP contribution in [-0.4, -0.2) is 31.9 Å². The highest BCUT2D eigenvalue weighted by atomic mass is 79.9. The van der Waals surface area contributed by atoms with Gasteiger partial charge >= 0.3 is 0 Å². The number of benzene rings is 1. The summed E-state index contributed by atoms with van der Waals surface area (Å²) in [5, 5.41) is 4.32. The van der Waals surface area contributed by atoms with Gasteiger partial charge in [-0.3, -0.25) is 4.79 Å². The Morgan fingerprint density at radius 2 is 2.21 bits per heavy atom. The Morgan fingerprint density at radius 1 is 1.38 bits per heavy atom. The van der Waals surface area contributed by atoms with Gasteiger partial charge in [-0.25, -0.2) is 13.9 Å². The average Bonchev–Trinajstić information content (AvgIpc) is 2.98. The second kappa shape index (κ2) is 5.66.